The number of hydrogen-bond donors (Lipinski definition) is 0. The predicted octanol–water partition coefficient (Wildman–Crippen LogP) is 2.74. The molecule has 0 spiro atoms. The van der Waals surface area contributed by atoms with E-state index in [1.54, 1.807) is 0 Å². The van der Waals surface area contributed by atoms with E-state index in [0.717, 1.165) is 12.8 Å². The summed E-state index contributed by atoms with van der Waals surface area (Å²) in [5.41, 5.74) is 0.805. The molecule has 0 N–H and O–H groups in total. The lowest BCUT2D eigenvalue weighted by molar-refractivity contribution is -0.384. The van der Waals surface area contributed by atoms with E-state index in [2.05, 4.69) is 0 Å². The molecule has 27 heavy (non-hydrogen) atoms. The van der Waals surface area contributed by atoms with Gasteiger partial charge in [-0.15, -0.1) is 0 Å². The Hall–Kier alpha value is -2.78. The number of sulfonamides is 1. The quantitative estimate of drug-likeness (QED) is 0.426. The highest BCUT2D eigenvalue weighted by Gasteiger charge is 2.27. The first-order valence-corrected chi connectivity index (χ1v) is 9.82. The highest BCUT2D eigenvalue weighted by molar-refractivity contribution is 7.89. The van der Waals surface area contributed by atoms with Gasteiger partial charge in [-0.25, -0.2) is 13.2 Å². The maximum atomic E-state index is 12.5. The number of nitro benzene ring substituents is 1. The second kappa shape index (κ2) is 7.85. The van der Waals surface area contributed by atoms with Crippen LogP contribution in [0.15, 0.2) is 53.4 Å². The maximum absolute atomic E-state index is 12.5. The fourth-order valence-corrected chi connectivity index (χ4v) is 4.30. The van der Waals surface area contributed by atoms with Crippen LogP contribution in [0.2, 0.25) is 0 Å². The Labute approximate surface area is 156 Å². The Balaban J connectivity index is 1.62. The number of carbonyl (C=O) groups is 1. The number of benzene rings is 2. The van der Waals surface area contributed by atoms with Crippen LogP contribution >= 0.6 is 0 Å². The number of nitro groups is 1. The molecule has 1 aliphatic rings. The van der Waals surface area contributed by atoms with Gasteiger partial charge in [0, 0.05) is 25.2 Å². The van der Waals surface area contributed by atoms with Crippen molar-refractivity contribution in [1.29, 1.82) is 0 Å². The fourth-order valence-electron chi connectivity index (χ4n) is 2.79. The summed E-state index contributed by atoms with van der Waals surface area (Å²) in [6.45, 7) is 0.993. The summed E-state index contributed by atoms with van der Waals surface area (Å²) in [6, 6.07) is 11.3. The van der Waals surface area contributed by atoms with Gasteiger partial charge in [0.25, 0.3) is 5.69 Å². The molecular weight excluding hydrogens is 372 g/mol. The molecule has 3 rings (SSSR count). The molecular formula is C18H18N2O6S. The third-order valence-electron chi connectivity index (χ3n) is 4.31. The molecule has 0 atom stereocenters. The van der Waals surface area contributed by atoms with Crippen molar-refractivity contribution >= 4 is 21.7 Å². The molecule has 1 saturated heterocycles. The van der Waals surface area contributed by atoms with Crippen LogP contribution in [0.5, 0.6) is 0 Å². The van der Waals surface area contributed by atoms with Gasteiger partial charge < -0.3 is 4.74 Å². The van der Waals surface area contributed by atoms with Gasteiger partial charge >= 0.3 is 5.97 Å². The topological polar surface area (TPSA) is 107 Å². The van der Waals surface area contributed by atoms with Crippen molar-refractivity contribution in [2.24, 2.45) is 0 Å². The number of ether oxygens (including phenoxy) is 1. The molecule has 1 fully saturated rings. The second-order valence-corrected chi connectivity index (χ2v) is 8.07. The molecule has 9 heteroatoms. The van der Waals surface area contributed by atoms with Crippen molar-refractivity contribution in [3.8, 4) is 0 Å². The van der Waals surface area contributed by atoms with Gasteiger partial charge in [-0.3, -0.25) is 10.1 Å². The van der Waals surface area contributed by atoms with Crippen molar-refractivity contribution in [3.63, 3.8) is 0 Å². The number of carbonyl (C=O) groups excluding carboxylic acids is 1. The first-order chi connectivity index (χ1) is 12.9. The molecule has 1 heterocycles. The fraction of sp³-hybridized carbons (Fsp3) is 0.278. The molecule has 2 aromatic carbocycles. The van der Waals surface area contributed by atoms with Crippen LogP contribution in [0.25, 0.3) is 0 Å². The lowest BCUT2D eigenvalue weighted by Gasteiger charge is -2.15. The minimum Gasteiger partial charge on any atom is -0.457 e. The minimum atomic E-state index is -3.52. The Kier molecular flexibility index (Phi) is 5.52. The van der Waals surface area contributed by atoms with Crippen LogP contribution in [-0.2, 0) is 21.4 Å². The SMILES string of the molecule is O=C(OCc1ccc([N+](=O)[O-])cc1)c1ccc(S(=O)(=O)N2CCCC2)cc1. The zero-order valence-corrected chi connectivity index (χ0v) is 15.2. The lowest BCUT2D eigenvalue weighted by atomic mass is 10.2. The van der Waals surface area contributed by atoms with Crippen molar-refractivity contribution in [1.82, 2.24) is 4.31 Å². The van der Waals surface area contributed by atoms with Crippen LogP contribution in [0, 0.1) is 10.1 Å². The van der Waals surface area contributed by atoms with E-state index < -0.39 is 20.9 Å². The van der Waals surface area contributed by atoms with Crippen LogP contribution in [-0.4, -0.2) is 36.7 Å². The maximum Gasteiger partial charge on any atom is 0.338 e. The van der Waals surface area contributed by atoms with Gasteiger partial charge in [0.15, 0.2) is 0 Å². The van der Waals surface area contributed by atoms with Gasteiger partial charge in [-0.1, -0.05) is 0 Å². The summed E-state index contributed by atoms with van der Waals surface area (Å²) in [5, 5.41) is 10.6. The number of esters is 1. The summed E-state index contributed by atoms with van der Waals surface area (Å²) < 4.78 is 31.5. The molecule has 8 nitrogen and oxygen atoms in total. The average molecular weight is 390 g/mol. The first kappa shape index (κ1) is 19.0. The zero-order valence-electron chi connectivity index (χ0n) is 14.4. The van der Waals surface area contributed by atoms with E-state index in [-0.39, 0.29) is 22.8 Å². The number of non-ortho nitro benzene ring substituents is 1. The number of rotatable bonds is 6. The molecule has 2 aromatic rings. The minimum absolute atomic E-state index is 0.0370. The largest absolute Gasteiger partial charge is 0.457 e. The Bertz CT molecular complexity index is 933. The molecule has 1 aliphatic heterocycles. The lowest BCUT2D eigenvalue weighted by Crippen LogP contribution is -2.27. The van der Waals surface area contributed by atoms with Crippen LogP contribution in [0.3, 0.4) is 0 Å². The monoisotopic (exact) mass is 390 g/mol. The standard InChI is InChI=1S/C18H18N2O6S/c21-18(26-13-14-3-7-16(8-4-14)20(22)23)15-5-9-17(10-6-15)27(24,25)19-11-1-2-12-19/h3-10H,1-2,11-13H2. The third-order valence-corrected chi connectivity index (χ3v) is 6.22. The van der Waals surface area contributed by atoms with Gasteiger partial charge in [0.05, 0.1) is 15.4 Å². The van der Waals surface area contributed by atoms with Crippen molar-refractivity contribution in [3.05, 3.63) is 69.8 Å². The number of nitrogens with zero attached hydrogens (tertiary/aromatic N) is 2. The second-order valence-electron chi connectivity index (χ2n) is 6.14. The Morgan fingerprint density at radius 2 is 1.63 bits per heavy atom. The van der Waals surface area contributed by atoms with E-state index in [4.69, 9.17) is 4.74 Å². The van der Waals surface area contributed by atoms with Crippen LogP contribution in [0.4, 0.5) is 5.69 Å². The first-order valence-electron chi connectivity index (χ1n) is 8.38. The summed E-state index contributed by atoms with van der Waals surface area (Å²) in [5.74, 6) is -0.599. The van der Waals surface area contributed by atoms with Gasteiger partial charge in [0.2, 0.25) is 10.0 Å². The van der Waals surface area contributed by atoms with Crippen molar-refractivity contribution in [2.75, 3.05) is 13.1 Å². The van der Waals surface area contributed by atoms with Crippen molar-refractivity contribution < 1.29 is 22.9 Å². The smallest absolute Gasteiger partial charge is 0.338 e. The molecule has 142 valence electrons. The molecule has 0 saturated carbocycles. The summed E-state index contributed by atoms with van der Waals surface area (Å²) in [6.07, 6.45) is 1.71. The molecule has 0 amide bonds. The van der Waals surface area contributed by atoms with E-state index in [9.17, 15) is 23.3 Å². The van der Waals surface area contributed by atoms with Crippen LogP contribution in [0.1, 0.15) is 28.8 Å². The molecule has 0 aliphatic carbocycles. The summed E-state index contributed by atoms with van der Waals surface area (Å²) in [4.78, 5) is 22.4. The van der Waals surface area contributed by atoms with Crippen LogP contribution < -0.4 is 0 Å². The van der Waals surface area contributed by atoms with E-state index >= 15 is 0 Å². The van der Waals surface area contributed by atoms with Crippen molar-refractivity contribution in [2.45, 2.75) is 24.3 Å². The highest BCUT2D eigenvalue weighted by atomic mass is 32.2. The van der Waals surface area contributed by atoms with Gasteiger partial charge in [-0.05, 0) is 54.8 Å². The molecule has 0 aromatic heterocycles. The zero-order chi connectivity index (χ0) is 19.4. The molecule has 0 unspecified atom stereocenters. The van der Waals surface area contributed by atoms with E-state index in [0.29, 0.717) is 18.7 Å². The molecule has 0 radical (unpaired) electrons. The third kappa shape index (κ3) is 4.32. The Morgan fingerprint density at radius 3 is 2.19 bits per heavy atom. The summed E-state index contributed by atoms with van der Waals surface area (Å²) in [7, 11) is -3.52. The normalized spacial score (nSPS) is 14.8. The van der Waals surface area contributed by atoms with Gasteiger partial charge in [0.1, 0.15) is 6.61 Å². The predicted molar refractivity (Wildman–Crippen MR) is 96.7 cm³/mol. The highest BCUT2D eigenvalue weighted by Crippen LogP contribution is 2.21. The average Bonchev–Trinajstić information content (AvgIpc) is 3.22. The van der Waals surface area contributed by atoms with Gasteiger partial charge in [-0.2, -0.15) is 4.31 Å². The Morgan fingerprint density at radius 1 is 1.04 bits per heavy atom. The summed E-state index contributed by atoms with van der Waals surface area (Å²) >= 11 is 0. The number of hydrogen-bond acceptors (Lipinski definition) is 6. The van der Waals surface area contributed by atoms with E-state index in [1.807, 2.05) is 0 Å². The van der Waals surface area contributed by atoms with E-state index in [1.165, 1.54) is 52.8 Å². The molecule has 0 bridgehead atoms.